The maximum Gasteiger partial charge on any atom is 0.217 e. The number of pyridine rings is 1. The van der Waals surface area contributed by atoms with Crippen molar-refractivity contribution < 1.29 is 4.79 Å². The molecule has 2 heterocycles. The van der Waals surface area contributed by atoms with E-state index in [4.69, 9.17) is 0 Å². The summed E-state index contributed by atoms with van der Waals surface area (Å²) in [5, 5.41) is 7.33. The van der Waals surface area contributed by atoms with Gasteiger partial charge in [-0.3, -0.25) is 9.78 Å². The molecule has 0 aromatic carbocycles. The van der Waals surface area contributed by atoms with Crippen molar-refractivity contribution >= 4 is 5.91 Å². The van der Waals surface area contributed by atoms with Crippen LogP contribution in [0.5, 0.6) is 0 Å². The Labute approximate surface area is 124 Å². The Kier molecular flexibility index (Phi) is 5.03. The van der Waals surface area contributed by atoms with E-state index in [0.29, 0.717) is 12.5 Å². The van der Waals surface area contributed by atoms with E-state index in [1.807, 2.05) is 12.1 Å². The Hall–Kier alpha value is -2.24. The van der Waals surface area contributed by atoms with E-state index in [2.05, 4.69) is 34.2 Å². The van der Waals surface area contributed by atoms with Gasteiger partial charge in [0.1, 0.15) is 0 Å². The molecule has 0 saturated heterocycles. The van der Waals surface area contributed by atoms with Crippen LogP contribution in [0.4, 0.5) is 0 Å². The van der Waals surface area contributed by atoms with E-state index in [9.17, 15) is 4.79 Å². The summed E-state index contributed by atoms with van der Waals surface area (Å²) in [5.41, 5.74) is 0.848. The van der Waals surface area contributed by atoms with E-state index < -0.39 is 0 Å². The van der Waals surface area contributed by atoms with Crippen molar-refractivity contribution in [3.8, 4) is 5.69 Å². The van der Waals surface area contributed by atoms with Gasteiger partial charge >= 0.3 is 0 Å². The third-order valence-corrected chi connectivity index (χ3v) is 3.33. The number of amides is 1. The average molecular weight is 287 g/mol. The van der Waals surface area contributed by atoms with Crippen LogP contribution in [0.1, 0.15) is 38.8 Å². The standard InChI is InChI=1S/C15H21N5O/c1-4-11(2)8-14-18-15(10-17-12(3)21)20(19-14)13-6-5-7-16-9-13/h5-7,9,11H,4,8,10H2,1-3H3,(H,17,21)/t11-/m0/s1. The molecule has 0 fully saturated rings. The molecule has 2 rings (SSSR count). The normalized spacial score (nSPS) is 12.1. The number of carbonyl (C=O) groups excluding carboxylic acids is 1. The summed E-state index contributed by atoms with van der Waals surface area (Å²) in [5.74, 6) is 1.97. The average Bonchev–Trinajstić information content (AvgIpc) is 2.88. The Balaban J connectivity index is 2.29. The first-order valence-electron chi connectivity index (χ1n) is 7.19. The van der Waals surface area contributed by atoms with Gasteiger partial charge in [0.25, 0.3) is 0 Å². The first-order valence-corrected chi connectivity index (χ1v) is 7.19. The van der Waals surface area contributed by atoms with Crippen molar-refractivity contribution in [3.63, 3.8) is 0 Å². The van der Waals surface area contributed by atoms with Crippen LogP contribution < -0.4 is 5.32 Å². The second-order valence-corrected chi connectivity index (χ2v) is 5.19. The zero-order valence-corrected chi connectivity index (χ0v) is 12.7. The minimum atomic E-state index is -0.0841. The Morgan fingerprint density at radius 3 is 2.90 bits per heavy atom. The van der Waals surface area contributed by atoms with E-state index in [-0.39, 0.29) is 5.91 Å². The summed E-state index contributed by atoms with van der Waals surface area (Å²) < 4.78 is 1.75. The highest BCUT2D eigenvalue weighted by atomic mass is 16.1. The van der Waals surface area contributed by atoms with E-state index in [0.717, 1.165) is 30.2 Å². The van der Waals surface area contributed by atoms with Crippen molar-refractivity contribution in [2.24, 2.45) is 5.92 Å². The zero-order valence-electron chi connectivity index (χ0n) is 12.7. The number of nitrogens with one attached hydrogen (secondary N) is 1. The molecule has 6 nitrogen and oxygen atoms in total. The minimum Gasteiger partial charge on any atom is -0.349 e. The van der Waals surface area contributed by atoms with Crippen molar-refractivity contribution in [2.45, 2.75) is 40.2 Å². The number of carbonyl (C=O) groups is 1. The summed E-state index contributed by atoms with van der Waals surface area (Å²) in [4.78, 5) is 19.8. The molecule has 1 N–H and O–H groups in total. The molecule has 0 saturated carbocycles. The highest BCUT2D eigenvalue weighted by molar-refractivity contribution is 5.72. The Bertz CT molecular complexity index is 593. The van der Waals surface area contributed by atoms with Crippen LogP contribution in [0.25, 0.3) is 5.69 Å². The number of hydrogen-bond donors (Lipinski definition) is 1. The molecule has 112 valence electrons. The number of rotatable bonds is 6. The highest BCUT2D eigenvalue weighted by Gasteiger charge is 2.13. The van der Waals surface area contributed by atoms with Crippen LogP contribution in [0.3, 0.4) is 0 Å². The molecule has 0 bridgehead atoms. The molecule has 0 aliphatic rings. The number of aromatic nitrogens is 4. The smallest absolute Gasteiger partial charge is 0.217 e. The van der Waals surface area contributed by atoms with Gasteiger partial charge in [0.05, 0.1) is 18.4 Å². The van der Waals surface area contributed by atoms with Gasteiger partial charge in [-0.2, -0.15) is 5.10 Å². The topological polar surface area (TPSA) is 72.7 Å². The molecule has 2 aromatic heterocycles. The summed E-state index contributed by atoms with van der Waals surface area (Å²) >= 11 is 0. The lowest BCUT2D eigenvalue weighted by Crippen LogP contribution is -2.21. The van der Waals surface area contributed by atoms with Gasteiger partial charge < -0.3 is 5.32 Å². The lowest BCUT2D eigenvalue weighted by Gasteiger charge is -2.05. The maximum absolute atomic E-state index is 11.1. The zero-order chi connectivity index (χ0) is 15.2. The Morgan fingerprint density at radius 1 is 1.48 bits per heavy atom. The summed E-state index contributed by atoms with van der Waals surface area (Å²) in [7, 11) is 0. The van der Waals surface area contributed by atoms with Gasteiger partial charge in [0.2, 0.25) is 5.91 Å². The van der Waals surface area contributed by atoms with E-state index >= 15 is 0 Å². The molecule has 0 spiro atoms. The quantitative estimate of drug-likeness (QED) is 0.880. The fourth-order valence-electron chi connectivity index (χ4n) is 1.94. The van der Waals surface area contributed by atoms with Crippen molar-refractivity contribution in [3.05, 3.63) is 36.2 Å². The summed E-state index contributed by atoms with van der Waals surface area (Å²) in [6.45, 7) is 6.18. The lowest BCUT2D eigenvalue weighted by atomic mass is 10.1. The van der Waals surface area contributed by atoms with Gasteiger partial charge in [-0.15, -0.1) is 0 Å². The summed E-state index contributed by atoms with van der Waals surface area (Å²) in [6.07, 6.45) is 5.37. The van der Waals surface area contributed by atoms with Gasteiger partial charge in [0.15, 0.2) is 11.6 Å². The van der Waals surface area contributed by atoms with Crippen LogP contribution in [0.15, 0.2) is 24.5 Å². The van der Waals surface area contributed by atoms with E-state index in [1.165, 1.54) is 6.92 Å². The molecule has 0 radical (unpaired) electrons. The third-order valence-electron chi connectivity index (χ3n) is 3.33. The Morgan fingerprint density at radius 2 is 2.29 bits per heavy atom. The fraction of sp³-hybridized carbons (Fsp3) is 0.467. The monoisotopic (exact) mass is 287 g/mol. The molecular weight excluding hydrogens is 266 g/mol. The lowest BCUT2D eigenvalue weighted by molar-refractivity contribution is -0.119. The van der Waals surface area contributed by atoms with Gasteiger partial charge in [0, 0.05) is 19.5 Å². The van der Waals surface area contributed by atoms with Crippen LogP contribution in [0, 0.1) is 5.92 Å². The largest absolute Gasteiger partial charge is 0.349 e. The SMILES string of the molecule is CC[C@H](C)Cc1nc(CNC(C)=O)n(-c2cccnc2)n1. The summed E-state index contributed by atoms with van der Waals surface area (Å²) in [6, 6.07) is 3.78. The molecular formula is C15H21N5O. The predicted octanol–water partition coefficient (Wildman–Crippen LogP) is 1.89. The molecule has 1 amide bonds. The van der Waals surface area contributed by atoms with Crippen molar-refractivity contribution in [2.75, 3.05) is 0 Å². The molecule has 2 aromatic rings. The van der Waals surface area contributed by atoms with Crippen molar-refractivity contribution in [1.29, 1.82) is 0 Å². The van der Waals surface area contributed by atoms with Gasteiger partial charge in [-0.25, -0.2) is 9.67 Å². The molecule has 0 unspecified atom stereocenters. The van der Waals surface area contributed by atoms with Crippen molar-refractivity contribution in [1.82, 2.24) is 25.1 Å². The maximum atomic E-state index is 11.1. The third kappa shape index (κ3) is 4.11. The first kappa shape index (κ1) is 15.2. The molecule has 1 atom stereocenters. The molecule has 0 aliphatic heterocycles. The van der Waals surface area contributed by atoms with E-state index in [1.54, 1.807) is 17.1 Å². The number of hydrogen-bond acceptors (Lipinski definition) is 4. The minimum absolute atomic E-state index is 0.0841. The molecule has 0 aliphatic carbocycles. The highest BCUT2D eigenvalue weighted by Crippen LogP contribution is 2.12. The predicted molar refractivity (Wildman–Crippen MR) is 79.8 cm³/mol. The van der Waals surface area contributed by atoms with Gasteiger partial charge in [-0.05, 0) is 18.1 Å². The second kappa shape index (κ2) is 6.97. The van der Waals surface area contributed by atoms with Crippen LogP contribution in [-0.2, 0) is 17.8 Å². The second-order valence-electron chi connectivity index (χ2n) is 5.19. The molecule has 6 heteroatoms. The number of nitrogens with zero attached hydrogens (tertiary/aromatic N) is 4. The van der Waals surface area contributed by atoms with Crippen LogP contribution in [0.2, 0.25) is 0 Å². The first-order chi connectivity index (χ1) is 10.1. The molecule has 21 heavy (non-hydrogen) atoms. The van der Waals surface area contributed by atoms with Crippen LogP contribution >= 0.6 is 0 Å². The fourth-order valence-corrected chi connectivity index (χ4v) is 1.94. The van der Waals surface area contributed by atoms with Gasteiger partial charge in [-0.1, -0.05) is 20.3 Å². The van der Waals surface area contributed by atoms with Crippen LogP contribution in [-0.4, -0.2) is 25.7 Å².